The second-order valence-electron chi connectivity index (χ2n) is 32.6. The summed E-state index contributed by atoms with van der Waals surface area (Å²) in [5.41, 5.74) is 0. The van der Waals surface area contributed by atoms with Crippen LogP contribution >= 0.6 is 15.6 Å². The average Bonchev–Trinajstić information content (AvgIpc) is 0.900. The van der Waals surface area contributed by atoms with Gasteiger partial charge in [0.05, 0.1) is 26.4 Å². The summed E-state index contributed by atoms with van der Waals surface area (Å²) in [4.78, 5) is 73.3. The molecule has 636 valence electrons. The van der Waals surface area contributed by atoms with Crippen molar-refractivity contribution in [3.05, 3.63) is 0 Å². The predicted molar refractivity (Wildman–Crippen MR) is 441 cm³/mol. The Balaban J connectivity index is 5.27. The number of ether oxygens (including phenoxy) is 4. The normalized spacial score (nSPS) is 14.3. The molecule has 0 saturated carbocycles. The predicted octanol–water partition coefficient (Wildman–Crippen LogP) is 26.9. The van der Waals surface area contributed by atoms with Crippen LogP contribution in [-0.4, -0.2) is 96.7 Å². The van der Waals surface area contributed by atoms with Gasteiger partial charge in [0.15, 0.2) is 12.2 Å². The van der Waals surface area contributed by atoms with Crippen molar-refractivity contribution in [2.24, 2.45) is 17.8 Å². The van der Waals surface area contributed by atoms with E-state index in [1.807, 2.05) is 0 Å². The second kappa shape index (κ2) is 78.0. The summed E-state index contributed by atoms with van der Waals surface area (Å²) in [6.45, 7) is 12.1. The largest absolute Gasteiger partial charge is 0.472 e. The quantitative estimate of drug-likeness (QED) is 0.0222. The molecule has 0 aromatic rings. The van der Waals surface area contributed by atoms with Crippen LogP contribution in [0.2, 0.25) is 0 Å². The molecule has 0 aliphatic heterocycles. The van der Waals surface area contributed by atoms with Crippen molar-refractivity contribution in [2.45, 2.75) is 484 Å². The molecule has 0 heterocycles. The van der Waals surface area contributed by atoms with Crippen LogP contribution in [0, 0.1) is 17.8 Å². The number of carbonyl (C=O) groups excluding carboxylic acids is 4. The fourth-order valence-corrected chi connectivity index (χ4v) is 15.2. The molecule has 0 aromatic heterocycles. The molecule has 0 aromatic carbocycles. The highest BCUT2D eigenvalue weighted by Gasteiger charge is 2.31. The van der Waals surface area contributed by atoms with Crippen molar-refractivity contribution >= 4 is 39.5 Å². The number of aliphatic hydroxyl groups is 1. The maximum atomic E-state index is 13.2. The maximum absolute atomic E-state index is 13.2. The maximum Gasteiger partial charge on any atom is 0.472 e. The molecule has 0 saturated heterocycles. The lowest BCUT2D eigenvalue weighted by atomic mass is 9.99. The van der Waals surface area contributed by atoms with Gasteiger partial charge in [-0.25, -0.2) is 9.13 Å². The highest BCUT2D eigenvalue weighted by Crippen LogP contribution is 2.45. The van der Waals surface area contributed by atoms with Gasteiger partial charge in [0, 0.05) is 25.7 Å². The molecule has 0 radical (unpaired) electrons. The number of hydrogen-bond acceptors (Lipinski definition) is 15. The zero-order valence-electron chi connectivity index (χ0n) is 70.6. The number of unbranched alkanes of at least 4 members (excludes halogenated alkanes) is 52. The van der Waals surface area contributed by atoms with E-state index >= 15 is 0 Å². The molecule has 17 nitrogen and oxygen atoms in total. The number of carbonyl (C=O) groups is 4. The summed E-state index contributed by atoms with van der Waals surface area (Å²) in [7, 11) is -9.93. The lowest BCUT2D eigenvalue weighted by Crippen LogP contribution is -2.30. The van der Waals surface area contributed by atoms with Gasteiger partial charge in [0.1, 0.15) is 19.3 Å². The van der Waals surface area contributed by atoms with Crippen molar-refractivity contribution in [2.75, 3.05) is 39.6 Å². The first kappa shape index (κ1) is 105. The topological polar surface area (TPSA) is 237 Å². The first-order valence-corrected chi connectivity index (χ1v) is 48.4. The molecule has 0 spiro atoms. The number of rotatable bonds is 86. The fourth-order valence-electron chi connectivity index (χ4n) is 13.7. The number of hydrogen-bond donors (Lipinski definition) is 3. The van der Waals surface area contributed by atoms with E-state index in [0.29, 0.717) is 25.7 Å². The molecule has 107 heavy (non-hydrogen) atoms. The highest BCUT2D eigenvalue weighted by atomic mass is 31.2. The molecule has 0 bridgehead atoms. The first-order chi connectivity index (χ1) is 51.8. The zero-order valence-corrected chi connectivity index (χ0v) is 72.4. The third-order valence-corrected chi connectivity index (χ3v) is 23.3. The molecular weight excluding hydrogens is 1390 g/mol. The van der Waals surface area contributed by atoms with Gasteiger partial charge in [-0.2, -0.15) is 0 Å². The summed E-state index contributed by atoms with van der Waals surface area (Å²) >= 11 is 0. The molecule has 0 amide bonds. The molecule has 4 unspecified atom stereocenters. The van der Waals surface area contributed by atoms with Gasteiger partial charge in [0.2, 0.25) is 0 Å². The van der Waals surface area contributed by atoms with Crippen LogP contribution in [0.15, 0.2) is 0 Å². The lowest BCUT2D eigenvalue weighted by molar-refractivity contribution is -0.161. The van der Waals surface area contributed by atoms with E-state index < -0.39 is 97.5 Å². The van der Waals surface area contributed by atoms with Crippen LogP contribution in [0.25, 0.3) is 0 Å². The van der Waals surface area contributed by atoms with E-state index in [0.717, 1.165) is 108 Å². The van der Waals surface area contributed by atoms with Gasteiger partial charge in [-0.15, -0.1) is 0 Å². The van der Waals surface area contributed by atoms with E-state index in [1.165, 1.54) is 276 Å². The Hall–Kier alpha value is -1.94. The van der Waals surface area contributed by atoms with E-state index in [2.05, 4.69) is 48.5 Å². The van der Waals surface area contributed by atoms with Gasteiger partial charge in [-0.3, -0.25) is 37.3 Å². The Morgan fingerprint density at radius 2 is 0.477 bits per heavy atom. The highest BCUT2D eigenvalue weighted by molar-refractivity contribution is 7.47. The van der Waals surface area contributed by atoms with Crippen molar-refractivity contribution in [1.29, 1.82) is 0 Å². The minimum Gasteiger partial charge on any atom is -0.462 e. The third-order valence-electron chi connectivity index (χ3n) is 21.4. The summed E-state index contributed by atoms with van der Waals surface area (Å²) in [5.74, 6) is 0.338. The summed E-state index contributed by atoms with van der Waals surface area (Å²) in [6.07, 6.45) is 69.3. The number of phosphoric ester groups is 2. The average molecular weight is 1560 g/mol. The Bertz CT molecular complexity index is 2060. The lowest BCUT2D eigenvalue weighted by Gasteiger charge is -2.21. The van der Waals surface area contributed by atoms with Crippen molar-refractivity contribution in [3.8, 4) is 0 Å². The van der Waals surface area contributed by atoms with E-state index in [-0.39, 0.29) is 25.7 Å². The van der Waals surface area contributed by atoms with Crippen LogP contribution in [0.4, 0.5) is 0 Å². The third kappa shape index (κ3) is 79.1. The monoisotopic (exact) mass is 1560 g/mol. The first-order valence-electron chi connectivity index (χ1n) is 45.4. The van der Waals surface area contributed by atoms with Gasteiger partial charge in [0.25, 0.3) is 0 Å². The second-order valence-corrected chi connectivity index (χ2v) is 35.5. The summed E-state index contributed by atoms with van der Waals surface area (Å²) in [5, 5.41) is 10.7. The Labute approximate surface area is 658 Å². The molecule has 7 atom stereocenters. The minimum atomic E-state index is -4.97. The van der Waals surface area contributed by atoms with Gasteiger partial charge >= 0.3 is 39.5 Å². The van der Waals surface area contributed by atoms with Crippen molar-refractivity contribution in [3.63, 3.8) is 0 Å². The SMILES string of the molecule is CCCCCCCCCCCCCCCCCCCCCC(=O)O[C@H](COC(=O)CCCCCCCCCCCCCCCCC(C)CC)COP(=O)(O)OC[C@@H](O)COP(=O)(O)OC[C@@H](COC(=O)CCCCCCCCCCCC(C)C)OC(=O)CCCCCCCCCCCCCCCCC(C)CC. The van der Waals surface area contributed by atoms with Gasteiger partial charge in [-0.05, 0) is 43.4 Å². The molecule has 19 heteroatoms. The van der Waals surface area contributed by atoms with Gasteiger partial charge < -0.3 is 33.8 Å². The molecule has 0 fully saturated rings. The smallest absolute Gasteiger partial charge is 0.462 e. The zero-order chi connectivity index (χ0) is 78.6. The van der Waals surface area contributed by atoms with Crippen LogP contribution in [-0.2, 0) is 65.4 Å². The Morgan fingerprint density at radius 3 is 0.710 bits per heavy atom. The van der Waals surface area contributed by atoms with Crippen LogP contribution in [0.1, 0.15) is 466 Å². The van der Waals surface area contributed by atoms with Gasteiger partial charge in [-0.1, -0.05) is 414 Å². The molecule has 0 aliphatic carbocycles. The van der Waals surface area contributed by atoms with E-state index in [4.69, 9.17) is 37.0 Å². The van der Waals surface area contributed by atoms with Crippen LogP contribution < -0.4 is 0 Å². The number of phosphoric acid groups is 2. The van der Waals surface area contributed by atoms with Crippen LogP contribution in [0.5, 0.6) is 0 Å². The molecular formula is C88H172O17P2. The van der Waals surface area contributed by atoms with Crippen molar-refractivity contribution in [1.82, 2.24) is 0 Å². The van der Waals surface area contributed by atoms with E-state index in [1.54, 1.807) is 0 Å². The Morgan fingerprint density at radius 1 is 0.271 bits per heavy atom. The number of esters is 4. The van der Waals surface area contributed by atoms with Crippen LogP contribution in [0.3, 0.4) is 0 Å². The van der Waals surface area contributed by atoms with Crippen molar-refractivity contribution < 1.29 is 80.2 Å². The Kier molecular flexibility index (Phi) is 76.6. The molecule has 3 N–H and O–H groups in total. The molecule has 0 rings (SSSR count). The summed E-state index contributed by atoms with van der Waals surface area (Å²) in [6, 6.07) is 0. The molecule has 0 aliphatic rings. The number of aliphatic hydroxyl groups excluding tert-OH is 1. The fraction of sp³-hybridized carbons (Fsp3) is 0.955. The standard InChI is InChI=1S/C88H172O17P2/c1-8-11-12-13-14-15-16-17-18-19-20-21-22-30-35-42-50-57-64-71-87(92)104-83(75-98-85(90)69-62-55-48-41-34-29-25-23-27-32-39-46-53-60-67-80(6)9-2)77-102-106(94,95)100-73-82(89)74-101-107(96,97)103-78-84(76-99-86(91)70-63-56-49-44-37-38-45-52-59-66-79(4)5)105-88(93)72-65-58-51-43-36-31-26-24-28-33-40-47-54-61-68-81(7)10-3/h79-84,89H,8-78H2,1-7H3,(H,94,95)(H,96,97)/t80?,81?,82-,83-,84-/m1/s1. The summed E-state index contributed by atoms with van der Waals surface area (Å²) < 4.78 is 69.0. The van der Waals surface area contributed by atoms with E-state index in [9.17, 15) is 43.2 Å². The minimum absolute atomic E-state index is 0.107.